The molecule has 0 saturated carbocycles. The second-order valence-corrected chi connectivity index (χ2v) is 8.45. The largest absolute Gasteiger partial charge is 0.451 e. The molecular formula is C25H15ClN2O4S. The number of rotatable bonds is 5. The number of para-hydroxylation sites is 2. The third kappa shape index (κ3) is 4.24. The van der Waals surface area contributed by atoms with Gasteiger partial charge in [-0.1, -0.05) is 60.1 Å². The van der Waals surface area contributed by atoms with E-state index in [1.807, 2.05) is 42.5 Å². The third-order valence-corrected chi connectivity index (χ3v) is 6.52. The summed E-state index contributed by atoms with van der Waals surface area (Å²) in [6, 6.07) is 23.3. The van der Waals surface area contributed by atoms with Crippen LogP contribution >= 0.6 is 22.9 Å². The van der Waals surface area contributed by atoms with Crippen molar-refractivity contribution in [3.05, 3.63) is 100 Å². The van der Waals surface area contributed by atoms with E-state index in [4.69, 9.17) is 20.8 Å². The molecule has 6 nitrogen and oxygen atoms in total. The van der Waals surface area contributed by atoms with Gasteiger partial charge < -0.3 is 9.15 Å². The first kappa shape index (κ1) is 20.9. The molecule has 162 valence electrons. The Morgan fingerprint density at radius 3 is 2.61 bits per heavy atom. The van der Waals surface area contributed by atoms with Crippen molar-refractivity contribution in [2.75, 3.05) is 0 Å². The molecule has 0 aliphatic carbocycles. The highest BCUT2D eigenvalue weighted by Gasteiger charge is 2.20. The zero-order valence-corrected chi connectivity index (χ0v) is 18.5. The number of halogens is 1. The number of carbonyl (C=O) groups is 2. The Bertz CT molecular complexity index is 1500. The zero-order chi connectivity index (χ0) is 22.8. The summed E-state index contributed by atoms with van der Waals surface area (Å²) < 4.78 is 12.0. The van der Waals surface area contributed by atoms with Gasteiger partial charge in [0.25, 0.3) is 0 Å². The predicted octanol–water partition coefficient (Wildman–Crippen LogP) is 6.28. The van der Waals surface area contributed by atoms with Crippen molar-refractivity contribution in [3.63, 3.8) is 0 Å². The Hall–Kier alpha value is -3.94. The maximum atomic E-state index is 12.8. The Labute approximate surface area is 197 Å². The maximum Gasteiger partial charge on any atom is 0.355 e. The lowest BCUT2D eigenvalue weighted by Crippen LogP contribution is -2.17. The normalized spacial score (nSPS) is 11.3. The molecule has 33 heavy (non-hydrogen) atoms. The SMILES string of the molecule is O=C(N/N=C/c1ccccc1OC(=O)c1sc2ccccc2c1Cl)c1cc2ccccc2o1. The van der Waals surface area contributed by atoms with Crippen LogP contribution in [0.4, 0.5) is 0 Å². The van der Waals surface area contributed by atoms with Gasteiger partial charge in [0, 0.05) is 21.0 Å². The molecule has 0 atom stereocenters. The number of benzene rings is 3. The minimum Gasteiger partial charge on any atom is -0.451 e. The second kappa shape index (κ2) is 8.90. The minimum absolute atomic E-state index is 0.146. The molecule has 0 bridgehead atoms. The number of hydrazone groups is 1. The van der Waals surface area contributed by atoms with Gasteiger partial charge in [-0.3, -0.25) is 4.79 Å². The van der Waals surface area contributed by atoms with E-state index in [9.17, 15) is 9.59 Å². The van der Waals surface area contributed by atoms with Crippen LogP contribution in [0.25, 0.3) is 21.1 Å². The van der Waals surface area contributed by atoms with Crippen molar-refractivity contribution in [3.8, 4) is 5.75 Å². The second-order valence-electron chi connectivity index (χ2n) is 7.02. The van der Waals surface area contributed by atoms with E-state index in [1.165, 1.54) is 17.6 Å². The molecule has 8 heteroatoms. The van der Waals surface area contributed by atoms with Gasteiger partial charge in [0.1, 0.15) is 16.2 Å². The van der Waals surface area contributed by atoms with Crippen LogP contribution in [-0.2, 0) is 0 Å². The molecule has 0 aliphatic rings. The number of thiophene rings is 1. The van der Waals surface area contributed by atoms with Crippen LogP contribution in [0.2, 0.25) is 5.02 Å². The Balaban J connectivity index is 1.32. The van der Waals surface area contributed by atoms with Crippen LogP contribution in [-0.4, -0.2) is 18.1 Å². The summed E-state index contributed by atoms with van der Waals surface area (Å²) in [7, 11) is 0. The smallest absolute Gasteiger partial charge is 0.355 e. The minimum atomic E-state index is -0.562. The van der Waals surface area contributed by atoms with Crippen molar-refractivity contribution in [2.24, 2.45) is 5.10 Å². The third-order valence-electron chi connectivity index (χ3n) is 4.86. The lowest BCUT2D eigenvalue weighted by Gasteiger charge is -2.06. The van der Waals surface area contributed by atoms with E-state index >= 15 is 0 Å². The highest BCUT2D eigenvalue weighted by molar-refractivity contribution is 7.21. The monoisotopic (exact) mass is 474 g/mol. The molecule has 2 heterocycles. The first-order valence-electron chi connectivity index (χ1n) is 9.90. The number of hydrogen-bond acceptors (Lipinski definition) is 6. The van der Waals surface area contributed by atoms with Crippen molar-refractivity contribution in [2.45, 2.75) is 0 Å². The average Bonchev–Trinajstić information content (AvgIpc) is 3.42. The summed E-state index contributed by atoms with van der Waals surface area (Å²) in [6.45, 7) is 0. The summed E-state index contributed by atoms with van der Waals surface area (Å²) in [5, 5.41) is 5.98. The van der Waals surface area contributed by atoms with E-state index in [0.717, 1.165) is 15.5 Å². The molecular weight excluding hydrogens is 460 g/mol. The first-order valence-corrected chi connectivity index (χ1v) is 11.1. The molecule has 0 spiro atoms. The number of hydrogen-bond donors (Lipinski definition) is 1. The summed E-state index contributed by atoms with van der Waals surface area (Å²) in [4.78, 5) is 25.5. The molecule has 5 aromatic rings. The van der Waals surface area contributed by atoms with E-state index < -0.39 is 11.9 Å². The predicted molar refractivity (Wildman–Crippen MR) is 130 cm³/mol. The number of fused-ring (bicyclic) bond motifs is 2. The van der Waals surface area contributed by atoms with Crippen LogP contribution in [0.3, 0.4) is 0 Å². The summed E-state index contributed by atoms with van der Waals surface area (Å²) in [6.07, 6.45) is 1.40. The van der Waals surface area contributed by atoms with Crippen molar-refractivity contribution in [1.82, 2.24) is 5.43 Å². The van der Waals surface area contributed by atoms with Crippen LogP contribution in [0.15, 0.2) is 88.4 Å². The molecule has 0 unspecified atom stereocenters. The number of carbonyl (C=O) groups excluding carboxylic acids is 2. The molecule has 0 aliphatic heterocycles. The topological polar surface area (TPSA) is 80.9 Å². The average molecular weight is 475 g/mol. The van der Waals surface area contributed by atoms with Gasteiger partial charge in [-0.15, -0.1) is 11.3 Å². The van der Waals surface area contributed by atoms with Gasteiger partial charge in [0.2, 0.25) is 0 Å². The van der Waals surface area contributed by atoms with Crippen LogP contribution in [0, 0.1) is 0 Å². The summed E-state index contributed by atoms with van der Waals surface area (Å²) in [5.74, 6) is -0.618. The zero-order valence-electron chi connectivity index (χ0n) is 16.9. The number of nitrogens with zero attached hydrogens (tertiary/aromatic N) is 1. The lowest BCUT2D eigenvalue weighted by atomic mass is 10.2. The molecule has 0 radical (unpaired) electrons. The molecule has 5 rings (SSSR count). The van der Waals surface area contributed by atoms with Crippen molar-refractivity contribution < 1.29 is 18.7 Å². The molecule has 1 amide bonds. The van der Waals surface area contributed by atoms with Crippen LogP contribution < -0.4 is 10.2 Å². The quantitative estimate of drug-likeness (QED) is 0.140. The molecule has 1 N–H and O–H groups in total. The standard InChI is InChI=1S/C25H15ClN2O4S/c26-22-17-9-3-6-12-21(17)33-23(22)25(30)32-19-11-5-2-8-16(19)14-27-28-24(29)20-13-15-7-1-4-10-18(15)31-20/h1-14H,(H,28,29)/b27-14+. The highest BCUT2D eigenvalue weighted by atomic mass is 35.5. The van der Waals surface area contributed by atoms with Gasteiger partial charge in [-0.05, 0) is 30.3 Å². The van der Waals surface area contributed by atoms with Crippen LogP contribution in [0.1, 0.15) is 25.8 Å². The Kier molecular flexibility index (Phi) is 5.64. The number of nitrogens with one attached hydrogen (secondary N) is 1. The number of furan rings is 1. The fourth-order valence-corrected chi connectivity index (χ4v) is 4.67. The highest BCUT2D eigenvalue weighted by Crippen LogP contribution is 2.36. The van der Waals surface area contributed by atoms with E-state index in [1.54, 1.807) is 36.4 Å². The maximum absolute atomic E-state index is 12.8. The number of esters is 1. The Morgan fingerprint density at radius 2 is 1.76 bits per heavy atom. The number of amides is 1. The van der Waals surface area contributed by atoms with Gasteiger partial charge in [-0.2, -0.15) is 5.10 Å². The van der Waals surface area contributed by atoms with Gasteiger partial charge in [0.05, 0.1) is 11.2 Å². The molecule has 0 saturated heterocycles. The van der Waals surface area contributed by atoms with Crippen molar-refractivity contribution in [1.29, 1.82) is 0 Å². The molecule has 3 aromatic carbocycles. The van der Waals surface area contributed by atoms with Crippen LogP contribution in [0.5, 0.6) is 5.75 Å². The van der Waals surface area contributed by atoms with Crippen molar-refractivity contribution >= 4 is 62.1 Å². The van der Waals surface area contributed by atoms with Gasteiger partial charge >= 0.3 is 11.9 Å². The number of ether oxygens (including phenoxy) is 1. The first-order chi connectivity index (χ1) is 16.1. The fraction of sp³-hybridized carbons (Fsp3) is 0. The molecule has 2 aromatic heterocycles. The van der Waals surface area contributed by atoms with E-state index in [0.29, 0.717) is 21.0 Å². The van der Waals surface area contributed by atoms with Gasteiger partial charge in [0.15, 0.2) is 5.76 Å². The lowest BCUT2D eigenvalue weighted by molar-refractivity contribution is 0.0739. The van der Waals surface area contributed by atoms with E-state index in [-0.39, 0.29) is 11.5 Å². The summed E-state index contributed by atoms with van der Waals surface area (Å²) in [5.41, 5.74) is 3.55. The summed E-state index contributed by atoms with van der Waals surface area (Å²) >= 11 is 7.66. The Morgan fingerprint density at radius 1 is 1.00 bits per heavy atom. The van der Waals surface area contributed by atoms with Gasteiger partial charge in [-0.25, -0.2) is 10.2 Å². The fourth-order valence-electron chi connectivity index (χ4n) is 3.28. The molecule has 0 fully saturated rings. The van der Waals surface area contributed by atoms with E-state index in [2.05, 4.69) is 10.5 Å².